The van der Waals surface area contributed by atoms with Crippen molar-refractivity contribution in [1.29, 1.82) is 0 Å². The molecule has 1 saturated heterocycles. The number of rotatable bonds is 2. The smallest absolute Gasteiger partial charge is 0.324 e. The van der Waals surface area contributed by atoms with E-state index in [0.717, 1.165) is 4.70 Å². The molecule has 1 fully saturated rings. The summed E-state index contributed by atoms with van der Waals surface area (Å²) in [4.78, 5) is 25.8. The van der Waals surface area contributed by atoms with E-state index >= 15 is 0 Å². The monoisotopic (exact) mass is 475 g/mol. The van der Waals surface area contributed by atoms with Crippen LogP contribution in [0.1, 0.15) is 18.5 Å². The lowest BCUT2D eigenvalue weighted by atomic mass is 9.75. The van der Waals surface area contributed by atoms with E-state index in [1.54, 1.807) is 18.2 Å². The molecule has 0 radical (unpaired) electrons. The minimum absolute atomic E-state index is 0.116. The van der Waals surface area contributed by atoms with E-state index in [1.807, 2.05) is 0 Å². The Morgan fingerprint density at radius 2 is 1.87 bits per heavy atom. The summed E-state index contributed by atoms with van der Waals surface area (Å²) in [5.74, 6) is 0. The van der Waals surface area contributed by atoms with Gasteiger partial charge in [0.1, 0.15) is 5.41 Å². The van der Waals surface area contributed by atoms with Crippen LogP contribution in [0.4, 0.5) is 23.1 Å². The highest BCUT2D eigenvalue weighted by molar-refractivity contribution is 7.22. The van der Waals surface area contributed by atoms with Gasteiger partial charge in [-0.3, -0.25) is 10.3 Å². The number of benzene rings is 1. The molecule has 4 rings (SSSR count). The molecule has 2 aromatic heterocycles. The number of carbonyl (C=O) groups excluding carboxylic acids is 1. The summed E-state index contributed by atoms with van der Waals surface area (Å²) in [6.45, 7) is -0.232. The van der Waals surface area contributed by atoms with Gasteiger partial charge in [-0.15, -0.1) is 0 Å². The maximum absolute atomic E-state index is 14.0. The summed E-state index contributed by atoms with van der Waals surface area (Å²) >= 11 is 13.1. The SMILES string of the molecule is O=C(Nc1nc2cc(Cl)ccc2s1)N1CCC(c2nccnc2Cl)(C(F)(F)F)CC1. The Morgan fingerprint density at radius 3 is 2.53 bits per heavy atom. The van der Waals surface area contributed by atoms with E-state index in [0.29, 0.717) is 15.7 Å². The summed E-state index contributed by atoms with van der Waals surface area (Å²) < 4.78 is 42.9. The molecular formula is C18H14Cl2F3N5OS. The van der Waals surface area contributed by atoms with Gasteiger partial charge in [-0.05, 0) is 31.0 Å². The number of aromatic nitrogens is 3. The fourth-order valence-electron chi connectivity index (χ4n) is 3.51. The highest BCUT2D eigenvalue weighted by Gasteiger charge is 2.59. The topological polar surface area (TPSA) is 71.0 Å². The van der Waals surface area contributed by atoms with E-state index in [1.165, 1.54) is 28.6 Å². The summed E-state index contributed by atoms with van der Waals surface area (Å²) in [5, 5.41) is 3.25. The number of halogens is 5. The van der Waals surface area contributed by atoms with E-state index in [2.05, 4.69) is 20.3 Å². The lowest BCUT2D eigenvalue weighted by molar-refractivity contribution is -0.202. The molecule has 1 aromatic carbocycles. The van der Waals surface area contributed by atoms with Crippen LogP contribution in [0, 0.1) is 0 Å². The molecule has 0 bridgehead atoms. The zero-order valence-electron chi connectivity index (χ0n) is 15.2. The van der Waals surface area contributed by atoms with Crippen LogP contribution in [0.3, 0.4) is 0 Å². The minimum atomic E-state index is -4.58. The molecule has 1 N–H and O–H groups in total. The van der Waals surface area contributed by atoms with Crippen molar-refractivity contribution in [3.05, 3.63) is 46.5 Å². The van der Waals surface area contributed by atoms with Crippen LogP contribution in [0.5, 0.6) is 0 Å². The van der Waals surface area contributed by atoms with Crippen LogP contribution < -0.4 is 5.32 Å². The Kier molecular flexibility index (Phi) is 5.50. The number of urea groups is 1. The van der Waals surface area contributed by atoms with Gasteiger partial charge in [0.2, 0.25) is 0 Å². The molecule has 1 aliphatic rings. The minimum Gasteiger partial charge on any atom is -0.324 e. The fourth-order valence-corrected chi connectivity index (χ4v) is 4.80. The third-order valence-electron chi connectivity index (χ3n) is 5.12. The first-order chi connectivity index (χ1) is 14.2. The van der Waals surface area contributed by atoms with E-state index < -0.39 is 17.6 Å². The molecule has 2 amide bonds. The van der Waals surface area contributed by atoms with Gasteiger partial charge in [-0.1, -0.05) is 34.5 Å². The van der Waals surface area contributed by atoms with Gasteiger partial charge in [0.05, 0.1) is 15.9 Å². The first-order valence-electron chi connectivity index (χ1n) is 8.85. The van der Waals surface area contributed by atoms with E-state index in [4.69, 9.17) is 23.2 Å². The van der Waals surface area contributed by atoms with Crippen LogP contribution in [-0.2, 0) is 5.41 Å². The number of hydrogen-bond acceptors (Lipinski definition) is 5. The Bertz CT molecular complexity index is 1100. The van der Waals surface area contributed by atoms with Crippen molar-refractivity contribution in [2.24, 2.45) is 0 Å². The highest BCUT2D eigenvalue weighted by Crippen LogP contribution is 2.49. The normalized spacial score (nSPS) is 16.6. The molecule has 6 nitrogen and oxygen atoms in total. The number of carbonyl (C=O) groups is 1. The largest absolute Gasteiger partial charge is 0.400 e. The van der Waals surface area contributed by atoms with Crippen molar-refractivity contribution in [1.82, 2.24) is 19.9 Å². The van der Waals surface area contributed by atoms with Crippen molar-refractivity contribution in [2.45, 2.75) is 24.4 Å². The number of likely N-dealkylation sites (tertiary alicyclic amines) is 1. The maximum atomic E-state index is 14.0. The number of nitrogens with zero attached hydrogens (tertiary/aromatic N) is 4. The van der Waals surface area contributed by atoms with Crippen LogP contribution in [0.2, 0.25) is 10.2 Å². The molecule has 0 spiro atoms. The summed E-state index contributed by atoms with van der Waals surface area (Å²) in [6.07, 6.45) is -2.88. The Hall–Kier alpha value is -2.17. The molecule has 0 saturated carbocycles. The summed E-state index contributed by atoms with van der Waals surface area (Å²) in [7, 11) is 0. The number of nitrogens with one attached hydrogen (secondary N) is 1. The highest BCUT2D eigenvalue weighted by atomic mass is 35.5. The number of amides is 2. The van der Waals surface area contributed by atoms with Crippen LogP contribution in [0.25, 0.3) is 10.2 Å². The van der Waals surface area contributed by atoms with Gasteiger partial charge in [0.25, 0.3) is 0 Å². The quantitative estimate of drug-likeness (QED) is 0.529. The van der Waals surface area contributed by atoms with Crippen molar-refractivity contribution in [3.8, 4) is 0 Å². The van der Waals surface area contributed by atoms with Gasteiger partial charge >= 0.3 is 12.2 Å². The Balaban J connectivity index is 1.50. The van der Waals surface area contributed by atoms with E-state index in [-0.39, 0.29) is 36.8 Å². The Labute approximate surface area is 183 Å². The molecule has 12 heteroatoms. The van der Waals surface area contributed by atoms with Gasteiger partial charge in [-0.25, -0.2) is 14.8 Å². The van der Waals surface area contributed by atoms with Gasteiger partial charge in [0, 0.05) is 30.5 Å². The molecule has 3 heterocycles. The number of alkyl halides is 3. The van der Waals surface area contributed by atoms with E-state index in [9.17, 15) is 18.0 Å². The standard InChI is InChI=1S/C18H14Cl2F3N5OS/c19-10-1-2-12-11(9-10)26-15(30-12)27-16(29)28-7-3-17(4-8-28,18(21,22)23)13-14(20)25-6-5-24-13/h1-2,5-6,9H,3-4,7-8H2,(H,26,27,29). The lowest BCUT2D eigenvalue weighted by Gasteiger charge is -2.42. The zero-order chi connectivity index (χ0) is 21.5. The van der Waals surface area contributed by atoms with Gasteiger partial charge in [-0.2, -0.15) is 13.2 Å². The average molecular weight is 476 g/mol. The molecule has 158 valence electrons. The number of thiazole rings is 1. The number of fused-ring (bicyclic) bond motifs is 1. The molecule has 0 atom stereocenters. The molecule has 30 heavy (non-hydrogen) atoms. The molecule has 0 unspecified atom stereocenters. The second-order valence-corrected chi connectivity index (χ2v) is 8.65. The first kappa shape index (κ1) is 21.1. The van der Waals surface area contributed by atoms with Gasteiger partial charge < -0.3 is 4.90 Å². The second-order valence-electron chi connectivity index (χ2n) is 6.82. The van der Waals surface area contributed by atoms with Crippen LogP contribution in [-0.4, -0.2) is 45.1 Å². The van der Waals surface area contributed by atoms with Gasteiger partial charge in [0.15, 0.2) is 10.3 Å². The third kappa shape index (κ3) is 3.79. The predicted octanol–water partition coefficient (Wildman–Crippen LogP) is 5.52. The fraction of sp³-hybridized carbons (Fsp3) is 0.333. The number of anilines is 1. The van der Waals surface area contributed by atoms with Crippen molar-refractivity contribution in [2.75, 3.05) is 18.4 Å². The third-order valence-corrected chi connectivity index (χ3v) is 6.58. The zero-order valence-corrected chi connectivity index (χ0v) is 17.5. The summed E-state index contributed by atoms with van der Waals surface area (Å²) in [5.41, 5.74) is -1.92. The number of hydrogen-bond donors (Lipinski definition) is 1. The van der Waals surface area contributed by atoms with Crippen LogP contribution in [0.15, 0.2) is 30.6 Å². The summed E-state index contributed by atoms with van der Waals surface area (Å²) in [6, 6.07) is 4.66. The molecule has 1 aliphatic heterocycles. The van der Waals surface area contributed by atoms with Crippen molar-refractivity contribution in [3.63, 3.8) is 0 Å². The Morgan fingerprint density at radius 1 is 1.17 bits per heavy atom. The molecule has 0 aliphatic carbocycles. The second kappa shape index (κ2) is 7.82. The lowest BCUT2D eigenvalue weighted by Crippen LogP contribution is -2.53. The average Bonchev–Trinajstić information content (AvgIpc) is 3.08. The van der Waals surface area contributed by atoms with Crippen molar-refractivity contribution < 1.29 is 18.0 Å². The molecule has 3 aromatic rings. The molecular weight excluding hydrogens is 462 g/mol. The van der Waals surface area contributed by atoms with Crippen molar-refractivity contribution >= 4 is 55.9 Å². The van der Waals surface area contributed by atoms with Crippen LogP contribution >= 0.6 is 34.5 Å². The predicted molar refractivity (Wildman–Crippen MR) is 109 cm³/mol. The maximum Gasteiger partial charge on any atom is 0.400 e. The number of piperidine rings is 1. The first-order valence-corrected chi connectivity index (χ1v) is 10.4.